The van der Waals surface area contributed by atoms with E-state index in [0.29, 0.717) is 26.8 Å². The van der Waals surface area contributed by atoms with Gasteiger partial charge in [0.05, 0.1) is 6.54 Å². The van der Waals surface area contributed by atoms with E-state index >= 15 is 0 Å². The predicted octanol–water partition coefficient (Wildman–Crippen LogP) is 3.17. The van der Waals surface area contributed by atoms with Gasteiger partial charge in [-0.15, -0.1) is 11.3 Å². The third-order valence-corrected chi connectivity index (χ3v) is 6.32. The number of carbonyl (C=O) groups excluding carboxylic acids is 1. The van der Waals surface area contributed by atoms with Crippen molar-refractivity contribution < 1.29 is 4.79 Å². The summed E-state index contributed by atoms with van der Waals surface area (Å²) in [5.74, 6) is -0.318. The summed E-state index contributed by atoms with van der Waals surface area (Å²) in [5, 5.41) is 3.36. The molecule has 4 rings (SSSR count). The summed E-state index contributed by atoms with van der Waals surface area (Å²) in [6.07, 6.45) is 3.18. The number of benzene rings is 1. The molecule has 7 nitrogen and oxygen atoms in total. The summed E-state index contributed by atoms with van der Waals surface area (Å²) in [6.45, 7) is 3.96. The first kappa shape index (κ1) is 21.0. The van der Waals surface area contributed by atoms with Gasteiger partial charge in [0, 0.05) is 35.2 Å². The molecule has 0 unspecified atom stereocenters. The summed E-state index contributed by atoms with van der Waals surface area (Å²) in [4.78, 5) is 43.5. The van der Waals surface area contributed by atoms with Crippen molar-refractivity contribution in [2.75, 3.05) is 0 Å². The molecule has 1 N–H and O–H groups in total. The third-order valence-electron chi connectivity index (χ3n) is 4.87. The van der Waals surface area contributed by atoms with Gasteiger partial charge in [-0.25, -0.2) is 4.79 Å². The van der Waals surface area contributed by atoms with Crippen molar-refractivity contribution in [2.24, 2.45) is 0 Å². The molecule has 1 amide bonds. The maximum Gasteiger partial charge on any atom is 0.336 e. The van der Waals surface area contributed by atoms with Crippen LogP contribution >= 0.6 is 22.9 Å². The zero-order valence-corrected chi connectivity index (χ0v) is 18.5. The number of carbonyl (C=O) groups is 1. The monoisotopic (exact) mass is 454 g/mol. The van der Waals surface area contributed by atoms with E-state index in [1.807, 2.05) is 19.1 Å². The van der Waals surface area contributed by atoms with Gasteiger partial charge in [-0.05, 0) is 43.2 Å². The fraction of sp³-hybridized carbons (Fsp3) is 0.182. The molecule has 0 radical (unpaired) electrons. The highest BCUT2D eigenvalue weighted by atomic mass is 35.5. The molecule has 31 heavy (non-hydrogen) atoms. The fourth-order valence-electron chi connectivity index (χ4n) is 3.20. The topological polar surface area (TPSA) is 85.5 Å². The van der Waals surface area contributed by atoms with E-state index in [1.54, 1.807) is 37.4 Å². The molecule has 0 bridgehead atoms. The molecule has 0 saturated heterocycles. The summed E-state index contributed by atoms with van der Waals surface area (Å²) in [5.41, 5.74) is 2.04. The zero-order chi connectivity index (χ0) is 22.1. The molecule has 0 saturated carbocycles. The van der Waals surface area contributed by atoms with Crippen molar-refractivity contribution in [2.45, 2.75) is 26.9 Å². The number of hydrogen-bond acceptors (Lipinski definition) is 5. The summed E-state index contributed by atoms with van der Waals surface area (Å²) in [7, 11) is 0. The lowest BCUT2D eigenvalue weighted by atomic mass is 10.2. The van der Waals surface area contributed by atoms with Crippen LogP contribution in [0.1, 0.15) is 32.1 Å². The van der Waals surface area contributed by atoms with Crippen LogP contribution in [0.15, 0.2) is 58.4 Å². The zero-order valence-electron chi connectivity index (χ0n) is 16.9. The predicted molar refractivity (Wildman–Crippen MR) is 121 cm³/mol. The maximum atomic E-state index is 13.0. The molecule has 0 spiro atoms. The lowest BCUT2D eigenvalue weighted by Crippen LogP contribution is -2.38. The summed E-state index contributed by atoms with van der Waals surface area (Å²) >= 11 is 7.14. The molecule has 4 aromatic rings. The SMILES string of the molecule is Cc1ccc(CNC(=O)c2cn3c(=O)n(Cc4cccc(Cl)c4)c(=O)c(C)c3s2)cn1. The average molecular weight is 455 g/mol. The van der Waals surface area contributed by atoms with E-state index in [2.05, 4.69) is 10.3 Å². The largest absolute Gasteiger partial charge is 0.347 e. The number of halogens is 1. The minimum Gasteiger partial charge on any atom is -0.347 e. The molecule has 0 aliphatic rings. The number of pyridine rings is 1. The summed E-state index contributed by atoms with van der Waals surface area (Å²) in [6, 6.07) is 10.8. The van der Waals surface area contributed by atoms with Crippen molar-refractivity contribution in [1.82, 2.24) is 19.3 Å². The van der Waals surface area contributed by atoms with Crippen LogP contribution in [0.5, 0.6) is 0 Å². The Morgan fingerprint density at radius 3 is 2.68 bits per heavy atom. The second-order valence-electron chi connectivity index (χ2n) is 7.19. The van der Waals surface area contributed by atoms with Crippen LogP contribution in [-0.4, -0.2) is 19.9 Å². The Hall–Kier alpha value is -3.23. The van der Waals surface area contributed by atoms with Crippen molar-refractivity contribution in [1.29, 1.82) is 0 Å². The molecule has 3 heterocycles. The summed E-state index contributed by atoms with van der Waals surface area (Å²) < 4.78 is 2.51. The number of nitrogens with zero attached hydrogens (tertiary/aromatic N) is 3. The standard InChI is InChI=1S/C22H19ClN4O3S/c1-13-6-7-16(9-24-13)10-25-19(28)18-12-27-21(31-18)14(2)20(29)26(22(27)30)11-15-4-3-5-17(23)8-15/h3-9,12H,10-11H2,1-2H3,(H,25,28). The Kier molecular flexibility index (Phi) is 5.75. The van der Waals surface area contributed by atoms with Crippen LogP contribution in [0.4, 0.5) is 0 Å². The minimum atomic E-state index is -0.497. The first-order valence-electron chi connectivity index (χ1n) is 9.53. The van der Waals surface area contributed by atoms with E-state index in [0.717, 1.165) is 32.7 Å². The molecular weight excluding hydrogens is 436 g/mol. The Labute approximate surface area is 186 Å². The third kappa shape index (κ3) is 4.30. The Morgan fingerprint density at radius 2 is 1.97 bits per heavy atom. The molecule has 0 aliphatic carbocycles. The number of aryl methyl sites for hydroxylation is 2. The molecule has 3 aromatic heterocycles. The Bertz CT molecular complexity index is 1400. The highest BCUT2D eigenvalue weighted by molar-refractivity contribution is 7.19. The van der Waals surface area contributed by atoms with E-state index in [1.165, 1.54) is 10.6 Å². The maximum absolute atomic E-state index is 13.0. The van der Waals surface area contributed by atoms with Gasteiger partial charge in [-0.1, -0.05) is 29.8 Å². The number of rotatable bonds is 5. The molecule has 9 heteroatoms. The number of aromatic nitrogens is 3. The van der Waals surface area contributed by atoms with Crippen molar-refractivity contribution >= 4 is 33.7 Å². The van der Waals surface area contributed by atoms with E-state index < -0.39 is 5.69 Å². The van der Waals surface area contributed by atoms with Gasteiger partial charge in [-0.2, -0.15) is 0 Å². The minimum absolute atomic E-state index is 0.0970. The van der Waals surface area contributed by atoms with Gasteiger partial charge in [-0.3, -0.25) is 23.5 Å². The van der Waals surface area contributed by atoms with Crippen LogP contribution in [-0.2, 0) is 13.1 Å². The number of fused-ring (bicyclic) bond motifs is 1. The fourth-order valence-corrected chi connectivity index (χ4v) is 4.41. The normalized spacial score (nSPS) is 11.1. The van der Waals surface area contributed by atoms with Crippen LogP contribution in [0.2, 0.25) is 5.02 Å². The quantitative estimate of drug-likeness (QED) is 0.502. The second kappa shape index (κ2) is 8.49. The van der Waals surface area contributed by atoms with Gasteiger partial charge in [0.2, 0.25) is 0 Å². The molecule has 0 fully saturated rings. The first-order chi connectivity index (χ1) is 14.8. The van der Waals surface area contributed by atoms with E-state index in [-0.39, 0.29) is 18.0 Å². The van der Waals surface area contributed by atoms with Gasteiger partial charge >= 0.3 is 5.69 Å². The smallest absolute Gasteiger partial charge is 0.336 e. The Morgan fingerprint density at radius 1 is 1.16 bits per heavy atom. The lowest BCUT2D eigenvalue weighted by Gasteiger charge is -2.08. The highest BCUT2D eigenvalue weighted by Gasteiger charge is 2.17. The van der Waals surface area contributed by atoms with Crippen LogP contribution in [0.25, 0.3) is 4.83 Å². The number of thiazole rings is 1. The van der Waals surface area contributed by atoms with Crippen molar-refractivity contribution in [3.05, 3.63) is 102 Å². The molecule has 0 aliphatic heterocycles. The van der Waals surface area contributed by atoms with Gasteiger partial charge < -0.3 is 5.32 Å². The second-order valence-corrected chi connectivity index (χ2v) is 8.66. The average Bonchev–Trinajstić information content (AvgIpc) is 3.21. The molecule has 158 valence electrons. The first-order valence-corrected chi connectivity index (χ1v) is 10.7. The molecular formula is C22H19ClN4O3S. The Balaban J connectivity index is 1.65. The van der Waals surface area contributed by atoms with Gasteiger partial charge in [0.1, 0.15) is 9.71 Å². The van der Waals surface area contributed by atoms with Crippen LogP contribution in [0, 0.1) is 13.8 Å². The number of amides is 1. The van der Waals surface area contributed by atoms with E-state index in [4.69, 9.17) is 11.6 Å². The van der Waals surface area contributed by atoms with Crippen LogP contribution < -0.4 is 16.6 Å². The van der Waals surface area contributed by atoms with Crippen molar-refractivity contribution in [3.8, 4) is 0 Å². The highest BCUT2D eigenvalue weighted by Crippen LogP contribution is 2.19. The van der Waals surface area contributed by atoms with Gasteiger partial charge in [0.15, 0.2) is 0 Å². The number of nitrogens with one attached hydrogen (secondary N) is 1. The van der Waals surface area contributed by atoms with E-state index in [9.17, 15) is 14.4 Å². The number of hydrogen-bond donors (Lipinski definition) is 1. The van der Waals surface area contributed by atoms with Crippen molar-refractivity contribution in [3.63, 3.8) is 0 Å². The van der Waals surface area contributed by atoms with Crippen LogP contribution in [0.3, 0.4) is 0 Å². The lowest BCUT2D eigenvalue weighted by molar-refractivity contribution is 0.0954. The molecule has 1 aromatic carbocycles. The molecule has 0 atom stereocenters. The van der Waals surface area contributed by atoms with Gasteiger partial charge in [0.25, 0.3) is 11.5 Å².